The lowest BCUT2D eigenvalue weighted by molar-refractivity contribution is 0.298. The predicted molar refractivity (Wildman–Crippen MR) is 90.3 cm³/mol. The molecule has 3 rings (SSSR count). The number of nitrogens with zero attached hydrogens (tertiary/aromatic N) is 2. The maximum absolute atomic E-state index is 11.1. The number of fused-ring (bicyclic) bond motifs is 1. The molecule has 1 heterocycles. The molecule has 1 aromatic heterocycles. The van der Waals surface area contributed by atoms with E-state index >= 15 is 0 Å². The van der Waals surface area contributed by atoms with E-state index in [-0.39, 0.29) is 11.6 Å². The van der Waals surface area contributed by atoms with Gasteiger partial charge in [0.15, 0.2) is 5.69 Å². The van der Waals surface area contributed by atoms with Gasteiger partial charge in [0.05, 0.1) is 12.1 Å². The molecule has 0 radical (unpaired) electrons. The number of nitroso groups, excluding NO2 is 1. The number of aromatic hydroxyl groups is 1. The lowest BCUT2D eigenvalue weighted by Crippen LogP contribution is -2.04. The van der Waals surface area contributed by atoms with Gasteiger partial charge >= 0.3 is 0 Å². The van der Waals surface area contributed by atoms with E-state index in [1.54, 1.807) is 4.57 Å². The molecule has 0 aliphatic rings. The van der Waals surface area contributed by atoms with Crippen molar-refractivity contribution in [3.05, 3.63) is 59.0 Å². The average molecular weight is 310 g/mol. The van der Waals surface area contributed by atoms with Gasteiger partial charge < -0.3 is 14.4 Å². The predicted octanol–water partition coefficient (Wildman–Crippen LogP) is 4.52. The van der Waals surface area contributed by atoms with E-state index in [0.29, 0.717) is 25.0 Å². The number of para-hydroxylation sites is 1. The van der Waals surface area contributed by atoms with E-state index in [4.69, 9.17) is 4.74 Å². The van der Waals surface area contributed by atoms with Crippen LogP contribution >= 0.6 is 0 Å². The van der Waals surface area contributed by atoms with Gasteiger partial charge in [-0.05, 0) is 42.3 Å². The van der Waals surface area contributed by atoms with Crippen LogP contribution in [-0.2, 0) is 6.54 Å². The minimum absolute atomic E-state index is 0.0796. The van der Waals surface area contributed by atoms with Crippen LogP contribution in [0.3, 0.4) is 0 Å². The topological polar surface area (TPSA) is 63.8 Å². The van der Waals surface area contributed by atoms with Gasteiger partial charge in [0, 0.05) is 11.9 Å². The molecule has 0 aliphatic carbocycles. The summed E-state index contributed by atoms with van der Waals surface area (Å²) >= 11 is 0. The number of ether oxygens (including phenoxy) is 1. The number of rotatable bonds is 6. The highest BCUT2D eigenvalue weighted by atomic mass is 16.5. The monoisotopic (exact) mass is 310 g/mol. The summed E-state index contributed by atoms with van der Waals surface area (Å²) in [6.07, 6.45) is 0.707. The van der Waals surface area contributed by atoms with Crippen molar-refractivity contribution in [3.8, 4) is 11.6 Å². The number of hydrogen-bond donors (Lipinski definition) is 1. The Morgan fingerprint density at radius 3 is 2.65 bits per heavy atom. The van der Waals surface area contributed by atoms with Crippen molar-refractivity contribution in [2.45, 2.75) is 19.9 Å². The first-order valence-electron chi connectivity index (χ1n) is 7.54. The van der Waals surface area contributed by atoms with Gasteiger partial charge in [-0.3, -0.25) is 0 Å². The number of hydrogen-bond acceptors (Lipinski definition) is 4. The molecule has 1 N–H and O–H groups in total. The molecule has 118 valence electrons. The first kappa shape index (κ1) is 15.1. The zero-order chi connectivity index (χ0) is 16.2. The van der Waals surface area contributed by atoms with Gasteiger partial charge in [-0.25, -0.2) is 0 Å². The number of benzene rings is 2. The molecule has 0 saturated carbocycles. The first-order valence-corrected chi connectivity index (χ1v) is 7.54. The Balaban J connectivity index is 1.77. The van der Waals surface area contributed by atoms with Crippen molar-refractivity contribution in [3.63, 3.8) is 0 Å². The van der Waals surface area contributed by atoms with Crippen molar-refractivity contribution in [1.82, 2.24) is 4.57 Å². The van der Waals surface area contributed by atoms with E-state index in [2.05, 4.69) is 5.18 Å². The van der Waals surface area contributed by atoms with Crippen LogP contribution in [0, 0.1) is 11.8 Å². The summed E-state index contributed by atoms with van der Waals surface area (Å²) in [6.45, 7) is 2.98. The van der Waals surface area contributed by atoms with Crippen LogP contribution in [0.1, 0.15) is 12.0 Å². The zero-order valence-electron chi connectivity index (χ0n) is 12.9. The molecule has 2 aromatic carbocycles. The highest BCUT2D eigenvalue weighted by Crippen LogP contribution is 2.40. The van der Waals surface area contributed by atoms with Crippen LogP contribution in [-0.4, -0.2) is 16.3 Å². The Morgan fingerprint density at radius 2 is 1.91 bits per heavy atom. The maximum atomic E-state index is 11.1. The number of aromatic nitrogens is 1. The quantitative estimate of drug-likeness (QED) is 0.537. The highest BCUT2D eigenvalue weighted by molar-refractivity contribution is 5.97. The second kappa shape index (κ2) is 6.52. The minimum Gasteiger partial charge on any atom is -0.494 e. The normalized spacial score (nSPS) is 10.8. The summed E-state index contributed by atoms with van der Waals surface area (Å²) in [4.78, 5) is 11.1. The SMILES string of the molecule is Cc1cccc2c1c(N=O)c(O)n2CCCOc1ccccc1. The average Bonchev–Trinajstić information content (AvgIpc) is 2.85. The highest BCUT2D eigenvalue weighted by Gasteiger charge is 2.18. The van der Waals surface area contributed by atoms with Crippen LogP contribution in [0.25, 0.3) is 10.9 Å². The molecule has 0 spiro atoms. The Kier molecular flexibility index (Phi) is 4.28. The summed E-state index contributed by atoms with van der Waals surface area (Å²) in [6, 6.07) is 15.3. The zero-order valence-corrected chi connectivity index (χ0v) is 12.9. The van der Waals surface area contributed by atoms with Gasteiger partial charge in [0.25, 0.3) is 0 Å². The fourth-order valence-corrected chi connectivity index (χ4v) is 2.78. The summed E-state index contributed by atoms with van der Waals surface area (Å²) in [5, 5.41) is 14.0. The molecule has 3 aromatic rings. The Hall–Kier alpha value is -2.82. The smallest absolute Gasteiger partial charge is 0.222 e. The van der Waals surface area contributed by atoms with E-state index in [0.717, 1.165) is 16.8 Å². The third-order valence-electron chi connectivity index (χ3n) is 3.88. The molecule has 23 heavy (non-hydrogen) atoms. The van der Waals surface area contributed by atoms with E-state index in [1.165, 1.54) is 0 Å². The second-order valence-corrected chi connectivity index (χ2v) is 5.40. The molecular formula is C18H18N2O3. The second-order valence-electron chi connectivity index (χ2n) is 5.40. The summed E-state index contributed by atoms with van der Waals surface area (Å²) in [5.41, 5.74) is 1.85. The molecule has 5 heteroatoms. The lowest BCUT2D eigenvalue weighted by Gasteiger charge is -2.09. The van der Waals surface area contributed by atoms with Crippen molar-refractivity contribution < 1.29 is 9.84 Å². The molecule has 0 bridgehead atoms. The lowest BCUT2D eigenvalue weighted by atomic mass is 10.1. The number of aryl methyl sites for hydroxylation is 2. The molecule has 0 atom stereocenters. The summed E-state index contributed by atoms with van der Waals surface area (Å²) < 4.78 is 7.37. The Bertz CT molecular complexity index is 825. The van der Waals surface area contributed by atoms with Gasteiger partial charge in [-0.2, -0.15) is 0 Å². The van der Waals surface area contributed by atoms with Crippen LogP contribution in [0.4, 0.5) is 5.69 Å². The van der Waals surface area contributed by atoms with E-state index in [1.807, 2.05) is 55.5 Å². The summed E-state index contributed by atoms with van der Waals surface area (Å²) in [7, 11) is 0. The van der Waals surface area contributed by atoms with Crippen molar-refractivity contribution >= 4 is 16.6 Å². The largest absolute Gasteiger partial charge is 0.494 e. The molecule has 5 nitrogen and oxygen atoms in total. The molecule has 0 fully saturated rings. The van der Waals surface area contributed by atoms with Crippen molar-refractivity contribution in [2.75, 3.05) is 6.61 Å². The van der Waals surface area contributed by atoms with E-state index < -0.39 is 0 Å². The molecule has 0 saturated heterocycles. The standard InChI is InChI=1S/C18H18N2O3/c1-13-7-5-10-15-16(13)17(19-22)18(21)20(15)11-6-12-23-14-8-3-2-4-9-14/h2-5,7-10,21H,6,11-12H2,1H3. The minimum atomic E-state index is -0.0796. The molecule has 0 aliphatic heterocycles. The fraction of sp³-hybridized carbons (Fsp3) is 0.222. The fourth-order valence-electron chi connectivity index (χ4n) is 2.78. The van der Waals surface area contributed by atoms with Crippen LogP contribution in [0.5, 0.6) is 11.6 Å². The van der Waals surface area contributed by atoms with Gasteiger partial charge in [0.2, 0.25) is 5.88 Å². The third kappa shape index (κ3) is 2.90. The third-order valence-corrected chi connectivity index (χ3v) is 3.88. The molecule has 0 unspecified atom stereocenters. The Labute approximate surface area is 134 Å². The van der Waals surface area contributed by atoms with Crippen molar-refractivity contribution in [1.29, 1.82) is 0 Å². The van der Waals surface area contributed by atoms with Crippen LogP contribution in [0.2, 0.25) is 0 Å². The Morgan fingerprint density at radius 1 is 1.13 bits per heavy atom. The van der Waals surface area contributed by atoms with Crippen molar-refractivity contribution in [2.24, 2.45) is 5.18 Å². The maximum Gasteiger partial charge on any atom is 0.222 e. The van der Waals surface area contributed by atoms with Crippen LogP contribution in [0.15, 0.2) is 53.7 Å². The first-order chi connectivity index (χ1) is 11.2. The summed E-state index contributed by atoms with van der Waals surface area (Å²) in [5.74, 6) is 0.740. The van der Waals surface area contributed by atoms with E-state index in [9.17, 15) is 10.0 Å². The molecular weight excluding hydrogens is 292 g/mol. The van der Waals surface area contributed by atoms with Gasteiger partial charge in [0.1, 0.15) is 5.75 Å². The van der Waals surface area contributed by atoms with Gasteiger partial charge in [-0.1, -0.05) is 30.3 Å². The van der Waals surface area contributed by atoms with Gasteiger partial charge in [-0.15, -0.1) is 4.91 Å². The molecule has 0 amide bonds. The van der Waals surface area contributed by atoms with Crippen LogP contribution < -0.4 is 4.74 Å².